The van der Waals surface area contributed by atoms with Gasteiger partial charge in [-0.2, -0.15) is 0 Å². The number of hydrazine groups is 1. The van der Waals surface area contributed by atoms with Crippen molar-refractivity contribution in [3.8, 4) is 5.75 Å². The molecule has 0 aliphatic carbocycles. The zero-order chi connectivity index (χ0) is 14.2. The lowest BCUT2D eigenvalue weighted by Crippen LogP contribution is -2.36. The number of benzene rings is 2. The maximum Gasteiger partial charge on any atom is 0.210 e. The third kappa shape index (κ3) is 4.00. The summed E-state index contributed by atoms with van der Waals surface area (Å²) in [6.45, 7) is 0.510. The van der Waals surface area contributed by atoms with Gasteiger partial charge in [0.2, 0.25) is 5.96 Å². The van der Waals surface area contributed by atoms with Gasteiger partial charge in [0.05, 0.1) is 13.7 Å². The molecule has 20 heavy (non-hydrogen) atoms. The Kier molecular flexibility index (Phi) is 4.97. The minimum atomic E-state index is 0.510. The molecule has 0 aromatic heterocycles. The van der Waals surface area contributed by atoms with E-state index in [9.17, 15) is 0 Å². The minimum Gasteiger partial charge on any atom is -0.497 e. The molecular formula is C15H18N4O. The molecule has 0 aliphatic rings. The highest BCUT2D eigenvalue weighted by molar-refractivity contribution is 5.93. The molecule has 2 rings (SSSR count). The van der Waals surface area contributed by atoms with E-state index in [2.05, 4.69) is 15.7 Å². The maximum absolute atomic E-state index is 5.47. The molecule has 0 aliphatic heterocycles. The van der Waals surface area contributed by atoms with E-state index >= 15 is 0 Å². The molecule has 0 fully saturated rings. The average Bonchev–Trinajstić information content (AvgIpc) is 2.52. The average molecular weight is 270 g/mol. The van der Waals surface area contributed by atoms with Crippen molar-refractivity contribution in [2.75, 3.05) is 12.4 Å². The van der Waals surface area contributed by atoms with Gasteiger partial charge in [0.25, 0.3) is 0 Å². The minimum absolute atomic E-state index is 0.510. The lowest BCUT2D eigenvalue weighted by molar-refractivity contribution is 0.414. The molecule has 2 aromatic rings. The van der Waals surface area contributed by atoms with Crippen LogP contribution in [0.4, 0.5) is 5.69 Å². The summed E-state index contributed by atoms with van der Waals surface area (Å²) >= 11 is 0. The first-order chi connectivity index (χ1) is 9.81. The van der Waals surface area contributed by atoms with E-state index in [-0.39, 0.29) is 0 Å². The van der Waals surface area contributed by atoms with Crippen LogP contribution in [-0.4, -0.2) is 13.1 Å². The van der Waals surface area contributed by atoms with E-state index in [1.165, 1.54) is 0 Å². The molecule has 2 aromatic carbocycles. The monoisotopic (exact) mass is 270 g/mol. The molecule has 0 bridgehead atoms. The van der Waals surface area contributed by atoms with Crippen LogP contribution in [0.25, 0.3) is 0 Å². The fourth-order valence-electron chi connectivity index (χ4n) is 1.72. The molecule has 0 atom stereocenters. The SMILES string of the molecule is COc1cccc(CN=C(NN)Nc2ccccc2)c1. The highest BCUT2D eigenvalue weighted by Gasteiger charge is 1.99. The standard InChI is InChI=1S/C15H18N4O/c1-20-14-9-5-6-12(10-14)11-17-15(19-16)18-13-7-3-2-4-8-13/h2-10H,11,16H2,1H3,(H2,17,18,19). The Balaban J connectivity index is 2.03. The number of hydrogen-bond donors (Lipinski definition) is 3. The van der Waals surface area contributed by atoms with Crippen LogP contribution in [0.5, 0.6) is 5.75 Å². The molecule has 4 N–H and O–H groups in total. The third-order valence-corrected chi connectivity index (χ3v) is 2.73. The normalized spacial score (nSPS) is 11.0. The van der Waals surface area contributed by atoms with Crippen LogP contribution in [0.3, 0.4) is 0 Å². The fourth-order valence-corrected chi connectivity index (χ4v) is 1.72. The Morgan fingerprint density at radius 1 is 1.15 bits per heavy atom. The van der Waals surface area contributed by atoms with Gasteiger partial charge in [-0.3, -0.25) is 5.43 Å². The van der Waals surface area contributed by atoms with Gasteiger partial charge in [0.1, 0.15) is 5.75 Å². The number of ether oxygens (including phenoxy) is 1. The lowest BCUT2D eigenvalue weighted by atomic mass is 10.2. The quantitative estimate of drug-likeness (QED) is 0.344. The number of nitrogens with one attached hydrogen (secondary N) is 2. The molecule has 5 nitrogen and oxygen atoms in total. The van der Waals surface area contributed by atoms with Gasteiger partial charge in [-0.05, 0) is 29.8 Å². The van der Waals surface area contributed by atoms with E-state index in [0.717, 1.165) is 17.0 Å². The predicted octanol–water partition coefficient (Wildman–Crippen LogP) is 2.13. The number of nitrogens with zero attached hydrogens (tertiary/aromatic N) is 1. The molecule has 0 spiro atoms. The molecule has 0 saturated carbocycles. The second-order valence-electron chi connectivity index (χ2n) is 4.15. The summed E-state index contributed by atoms with van der Waals surface area (Å²) in [5, 5.41) is 3.11. The van der Waals surface area contributed by atoms with Crippen molar-refractivity contribution in [2.24, 2.45) is 10.8 Å². The molecule has 0 amide bonds. The zero-order valence-electron chi connectivity index (χ0n) is 11.3. The van der Waals surface area contributed by atoms with Crippen LogP contribution in [0.1, 0.15) is 5.56 Å². The van der Waals surface area contributed by atoms with Gasteiger partial charge in [0, 0.05) is 5.69 Å². The van der Waals surface area contributed by atoms with Crippen molar-refractivity contribution >= 4 is 11.6 Å². The van der Waals surface area contributed by atoms with Crippen molar-refractivity contribution < 1.29 is 4.74 Å². The Bertz CT molecular complexity index is 569. The number of hydrogen-bond acceptors (Lipinski definition) is 3. The van der Waals surface area contributed by atoms with E-state index in [1.807, 2.05) is 54.6 Å². The summed E-state index contributed by atoms with van der Waals surface area (Å²) in [6, 6.07) is 17.5. The molecule has 0 saturated heterocycles. The Labute approximate surface area is 118 Å². The molecule has 0 radical (unpaired) electrons. The summed E-state index contributed by atoms with van der Waals surface area (Å²) in [6.07, 6.45) is 0. The first kappa shape index (κ1) is 13.9. The number of aliphatic imine (C=N–C) groups is 1. The lowest BCUT2D eigenvalue weighted by Gasteiger charge is -2.09. The second-order valence-corrected chi connectivity index (χ2v) is 4.15. The van der Waals surface area contributed by atoms with Crippen molar-refractivity contribution in [1.82, 2.24) is 5.43 Å². The largest absolute Gasteiger partial charge is 0.497 e. The van der Waals surface area contributed by atoms with Crippen LogP contribution in [0.15, 0.2) is 59.6 Å². The van der Waals surface area contributed by atoms with Gasteiger partial charge in [-0.15, -0.1) is 0 Å². The van der Waals surface area contributed by atoms with Crippen molar-refractivity contribution in [3.63, 3.8) is 0 Å². The van der Waals surface area contributed by atoms with Gasteiger partial charge in [0.15, 0.2) is 0 Å². The molecule has 0 unspecified atom stereocenters. The van der Waals surface area contributed by atoms with Gasteiger partial charge >= 0.3 is 0 Å². The van der Waals surface area contributed by atoms with Crippen LogP contribution >= 0.6 is 0 Å². The number of anilines is 1. The van der Waals surface area contributed by atoms with Crippen LogP contribution < -0.4 is 21.3 Å². The summed E-state index contributed by atoms with van der Waals surface area (Å²) in [7, 11) is 1.65. The van der Waals surface area contributed by atoms with Gasteiger partial charge in [-0.1, -0.05) is 30.3 Å². The smallest absolute Gasteiger partial charge is 0.210 e. The van der Waals surface area contributed by atoms with E-state index < -0.39 is 0 Å². The summed E-state index contributed by atoms with van der Waals surface area (Å²) in [5.74, 6) is 6.80. The number of methoxy groups -OCH3 is 1. The number of rotatable bonds is 4. The van der Waals surface area contributed by atoms with E-state index in [1.54, 1.807) is 7.11 Å². The highest BCUT2D eigenvalue weighted by atomic mass is 16.5. The van der Waals surface area contributed by atoms with E-state index in [4.69, 9.17) is 10.6 Å². The van der Waals surface area contributed by atoms with Gasteiger partial charge < -0.3 is 10.1 Å². The summed E-state index contributed by atoms with van der Waals surface area (Å²) in [4.78, 5) is 4.40. The van der Waals surface area contributed by atoms with E-state index in [0.29, 0.717) is 12.5 Å². The van der Waals surface area contributed by atoms with Crippen LogP contribution in [0.2, 0.25) is 0 Å². The number of nitrogens with two attached hydrogens (primary N) is 1. The summed E-state index contributed by atoms with van der Waals surface area (Å²) < 4.78 is 5.18. The van der Waals surface area contributed by atoms with Crippen molar-refractivity contribution in [2.45, 2.75) is 6.54 Å². The third-order valence-electron chi connectivity index (χ3n) is 2.73. The maximum atomic E-state index is 5.47. The number of para-hydroxylation sites is 1. The Morgan fingerprint density at radius 3 is 2.65 bits per heavy atom. The Morgan fingerprint density at radius 2 is 1.95 bits per heavy atom. The molecule has 104 valence electrons. The fraction of sp³-hybridized carbons (Fsp3) is 0.133. The first-order valence-corrected chi connectivity index (χ1v) is 6.28. The van der Waals surface area contributed by atoms with Crippen molar-refractivity contribution in [1.29, 1.82) is 0 Å². The summed E-state index contributed by atoms with van der Waals surface area (Å²) in [5.41, 5.74) is 4.53. The predicted molar refractivity (Wildman–Crippen MR) is 81.5 cm³/mol. The number of guanidine groups is 1. The zero-order valence-corrected chi connectivity index (χ0v) is 11.3. The highest BCUT2D eigenvalue weighted by Crippen LogP contribution is 2.13. The topological polar surface area (TPSA) is 71.7 Å². The molecule has 0 heterocycles. The first-order valence-electron chi connectivity index (χ1n) is 6.28. The van der Waals surface area contributed by atoms with Crippen molar-refractivity contribution in [3.05, 3.63) is 60.2 Å². The second kappa shape index (κ2) is 7.16. The molecular weight excluding hydrogens is 252 g/mol. The van der Waals surface area contributed by atoms with Crippen LogP contribution in [0, 0.1) is 0 Å². The molecule has 5 heteroatoms. The van der Waals surface area contributed by atoms with Crippen LogP contribution in [-0.2, 0) is 6.54 Å². The van der Waals surface area contributed by atoms with Gasteiger partial charge in [-0.25, -0.2) is 10.8 Å². The Hall–Kier alpha value is -2.53.